The van der Waals surface area contributed by atoms with Crippen LogP contribution in [-0.4, -0.2) is 38.5 Å². The fourth-order valence-corrected chi connectivity index (χ4v) is 1.93. The third-order valence-corrected chi connectivity index (χ3v) is 2.97. The van der Waals surface area contributed by atoms with E-state index in [2.05, 4.69) is 0 Å². The van der Waals surface area contributed by atoms with Gasteiger partial charge in [0, 0.05) is 13.2 Å². The molecule has 0 aromatic carbocycles. The van der Waals surface area contributed by atoms with E-state index in [0.29, 0.717) is 19.1 Å². The zero-order chi connectivity index (χ0) is 12.5. The van der Waals surface area contributed by atoms with Crippen LogP contribution in [0.3, 0.4) is 0 Å². The second kappa shape index (κ2) is 8.48. The van der Waals surface area contributed by atoms with E-state index >= 15 is 0 Å². The molecule has 1 heterocycles. The van der Waals surface area contributed by atoms with E-state index < -0.39 is 0 Å². The first-order valence-corrected chi connectivity index (χ1v) is 6.63. The normalized spacial score (nSPS) is 18.9. The maximum atomic E-state index is 11.6. The summed E-state index contributed by atoms with van der Waals surface area (Å²) >= 11 is 0. The third-order valence-electron chi connectivity index (χ3n) is 2.97. The number of rotatable bonds is 7. The van der Waals surface area contributed by atoms with Gasteiger partial charge in [-0.1, -0.05) is 13.3 Å². The first kappa shape index (κ1) is 14.5. The molecule has 1 saturated heterocycles. The molecule has 4 heteroatoms. The van der Waals surface area contributed by atoms with Crippen molar-refractivity contribution in [2.24, 2.45) is 5.92 Å². The Morgan fingerprint density at radius 1 is 1.35 bits per heavy atom. The smallest absolute Gasteiger partial charge is 0.335 e. The molecule has 0 aromatic heterocycles. The van der Waals surface area contributed by atoms with Crippen molar-refractivity contribution in [3.8, 4) is 0 Å². The highest BCUT2D eigenvalue weighted by molar-refractivity contribution is 5.74. The Labute approximate surface area is 104 Å². The predicted molar refractivity (Wildman–Crippen MR) is 64.8 cm³/mol. The van der Waals surface area contributed by atoms with E-state index in [1.165, 1.54) is 0 Å². The van der Waals surface area contributed by atoms with Crippen LogP contribution in [0.15, 0.2) is 0 Å². The number of hydrogen-bond donors (Lipinski definition) is 0. The Hall–Kier alpha value is -0.610. The van der Waals surface area contributed by atoms with Crippen molar-refractivity contribution >= 4 is 5.97 Å². The summed E-state index contributed by atoms with van der Waals surface area (Å²) < 4.78 is 16.0. The lowest BCUT2D eigenvalue weighted by Crippen LogP contribution is -2.30. The molecule has 0 amide bonds. The van der Waals surface area contributed by atoms with Gasteiger partial charge in [-0.2, -0.15) is 0 Å². The Kier molecular flexibility index (Phi) is 7.21. The molecule has 1 aliphatic heterocycles. The zero-order valence-corrected chi connectivity index (χ0v) is 10.9. The fraction of sp³-hybridized carbons (Fsp3) is 0.923. The maximum absolute atomic E-state index is 11.6. The Balaban J connectivity index is 2.29. The van der Waals surface area contributed by atoms with E-state index in [1.54, 1.807) is 0 Å². The highest BCUT2D eigenvalue weighted by Crippen LogP contribution is 2.16. The summed E-state index contributed by atoms with van der Waals surface area (Å²) in [5.41, 5.74) is 0. The SMILES string of the molecule is CCCC(OCC1CCOCC1)C(=O)OCC. The van der Waals surface area contributed by atoms with Crippen molar-refractivity contribution in [3.63, 3.8) is 0 Å². The summed E-state index contributed by atoms with van der Waals surface area (Å²) in [6.45, 7) is 6.55. The predicted octanol–water partition coefficient (Wildman–Crippen LogP) is 2.16. The van der Waals surface area contributed by atoms with Crippen LogP contribution < -0.4 is 0 Å². The quantitative estimate of drug-likeness (QED) is 0.644. The summed E-state index contributed by atoms with van der Waals surface area (Å²) in [7, 11) is 0. The van der Waals surface area contributed by atoms with Crippen molar-refractivity contribution in [2.45, 2.75) is 45.6 Å². The molecule has 0 bridgehead atoms. The summed E-state index contributed by atoms with van der Waals surface area (Å²) in [5.74, 6) is 0.305. The topological polar surface area (TPSA) is 44.8 Å². The van der Waals surface area contributed by atoms with Crippen molar-refractivity contribution < 1.29 is 19.0 Å². The largest absolute Gasteiger partial charge is 0.464 e. The highest BCUT2D eigenvalue weighted by atomic mass is 16.6. The monoisotopic (exact) mass is 244 g/mol. The molecule has 100 valence electrons. The molecule has 0 radical (unpaired) electrons. The molecule has 1 rings (SSSR count). The molecule has 4 nitrogen and oxygen atoms in total. The molecular weight excluding hydrogens is 220 g/mol. The molecule has 0 N–H and O–H groups in total. The molecule has 1 atom stereocenters. The van der Waals surface area contributed by atoms with Gasteiger partial charge in [0.05, 0.1) is 13.2 Å². The summed E-state index contributed by atoms with van der Waals surface area (Å²) in [4.78, 5) is 11.6. The minimum atomic E-state index is -0.386. The maximum Gasteiger partial charge on any atom is 0.335 e. The molecule has 1 unspecified atom stereocenters. The van der Waals surface area contributed by atoms with Crippen LogP contribution in [0.5, 0.6) is 0 Å². The van der Waals surface area contributed by atoms with Gasteiger partial charge in [0.15, 0.2) is 6.10 Å². The lowest BCUT2D eigenvalue weighted by atomic mass is 10.0. The first-order chi connectivity index (χ1) is 8.27. The van der Waals surface area contributed by atoms with Crippen LogP contribution in [-0.2, 0) is 19.0 Å². The zero-order valence-electron chi connectivity index (χ0n) is 10.9. The van der Waals surface area contributed by atoms with Gasteiger partial charge < -0.3 is 14.2 Å². The minimum absolute atomic E-state index is 0.221. The number of hydrogen-bond acceptors (Lipinski definition) is 4. The number of carbonyl (C=O) groups excluding carboxylic acids is 1. The van der Waals surface area contributed by atoms with Gasteiger partial charge >= 0.3 is 5.97 Å². The van der Waals surface area contributed by atoms with E-state index in [9.17, 15) is 4.79 Å². The molecule has 1 fully saturated rings. The summed E-state index contributed by atoms with van der Waals surface area (Å²) in [6, 6.07) is 0. The summed E-state index contributed by atoms with van der Waals surface area (Å²) in [6.07, 6.45) is 3.34. The van der Waals surface area contributed by atoms with Gasteiger partial charge in [-0.25, -0.2) is 4.79 Å². The van der Waals surface area contributed by atoms with Gasteiger partial charge in [-0.15, -0.1) is 0 Å². The van der Waals surface area contributed by atoms with E-state index in [1.807, 2.05) is 13.8 Å². The lowest BCUT2D eigenvalue weighted by Gasteiger charge is -2.24. The van der Waals surface area contributed by atoms with Gasteiger partial charge in [-0.05, 0) is 32.1 Å². The number of ether oxygens (including phenoxy) is 3. The Bertz CT molecular complexity index is 211. The minimum Gasteiger partial charge on any atom is -0.464 e. The van der Waals surface area contributed by atoms with Crippen LogP contribution in [0, 0.1) is 5.92 Å². The molecule has 1 aliphatic rings. The van der Waals surface area contributed by atoms with E-state index in [-0.39, 0.29) is 12.1 Å². The second-order valence-electron chi connectivity index (χ2n) is 4.42. The van der Waals surface area contributed by atoms with Crippen molar-refractivity contribution in [3.05, 3.63) is 0 Å². The average molecular weight is 244 g/mol. The molecule has 0 aliphatic carbocycles. The van der Waals surface area contributed by atoms with Gasteiger partial charge in [0.1, 0.15) is 0 Å². The Morgan fingerprint density at radius 2 is 2.06 bits per heavy atom. The fourth-order valence-electron chi connectivity index (χ4n) is 1.93. The van der Waals surface area contributed by atoms with Crippen LogP contribution in [0.4, 0.5) is 0 Å². The van der Waals surface area contributed by atoms with Gasteiger partial charge in [0.25, 0.3) is 0 Å². The van der Waals surface area contributed by atoms with Crippen molar-refractivity contribution in [2.75, 3.05) is 26.4 Å². The average Bonchev–Trinajstić information content (AvgIpc) is 2.36. The Morgan fingerprint density at radius 3 is 2.65 bits per heavy atom. The second-order valence-corrected chi connectivity index (χ2v) is 4.42. The molecular formula is C13H24O4. The van der Waals surface area contributed by atoms with Gasteiger partial charge in [-0.3, -0.25) is 0 Å². The number of carbonyl (C=O) groups is 1. The van der Waals surface area contributed by atoms with Crippen molar-refractivity contribution in [1.29, 1.82) is 0 Å². The molecule has 0 saturated carbocycles. The van der Waals surface area contributed by atoms with Crippen LogP contribution in [0.1, 0.15) is 39.5 Å². The summed E-state index contributed by atoms with van der Waals surface area (Å²) in [5, 5.41) is 0. The third kappa shape index (κ3) is 5.50. The highest BCUT2D eigenvalue weighted by Gasteiger charge is 2.22. The van der Waals surface area contributed by atoms with E-state index in [0.717, 1.165) is 38.9 Å². The molecule has 0 spiro atoms. The van der Waals surface area contributed by atoms with Crippen LogP contribution >= 0.6 is 0 Å². The first-order valence-electron chi connectivity index (χ1n) is 6.63. The van der Waals surface area contributed by atoms with Crippen LogP contribution in [0.2, 0.25) is 0 Å². The van der Waals surface area contributed by atoms with E-state index in [4.69, 9.17) is 14.2 Å². The van der Waals surface area contributed by atoms with Gasteiger partial charge in [0.2, 0.25) is 0 Å². The molecule has 17 heavy (non-hydrogen) atoms. The standard InChI is InChI=1S/C13H24O4/c1-3-5-12(13(14)16-4-2)17-10-11-6-8-15-9-7-11/h11-12H,3-10H2,1-2H3. The lowest BCUT2D eigenvalue weighted by molar-refractivity contribution is -0.158. The van der Waals surface area contributed by atoms with Crippen LogP contribution in [0.25, 0.3) is 0 Å². The van der Waals surface area contributed by atoms with Crippen molar-refractivity contribution in [1.82, 2.24) is 0 Å². The molecule has 0 aromatic rings. The number of esters is 1.